The summed E-state index contributed by atoms with van der Waals surface area (Å²) >= 11 is 0. The summed E-state index contributed by atoms with van der Waals surface area (Å²) in [7, 11) is 0. The number of fused-ring (bicyclic) bond motifs is 14. The van der Waals surface area contributed by atoms with E-state index in [-0.39, 0.29) is 0 Å². The molecule has 0 bridgehead atoms. The van der Waals surface area contributed by atoms with Crippen molar-refractivity contribution >= 4 is 0 Å². The third-order valence-corrected chi connectivity index (χ3v) is 12.6. The van der Waals surface area contributed by atoms with Crippen LogP contribution in [0.25, 0.3) is 89.8 Å². The van der Waals surface area contributed by atoms with E-state index in [1.807, 2.05) is 36.4 Å². The van der Waals surface area contributed by atoms with E-state index in [4.69, 9.17) is 15.0 Å². The van der Waals surface area contributed by atoms with Crippen LogP contribution in [0.3, 0.4) is 0 Å². The Kier molecular flexibility index (Phi) is 8.07. The van der Waals surface area contributed by atoms with E-state index < -0.39 is 5.41 Å². The van der Waals surface area contributed by atoms with Gasteiger partial charge in [-0.1, -0.05) is 218 Å². The molecule has 2 aliphatic rings. The molecule has 9 aromatic carbocycles. The molecule has 12 rings (SSSR count). The highest BCUT2D eigenvalue weighted by Gasteiger charge is 2.49. The van der Waals surface area contributed by atoms with Crippen molar-refractivity contribution in [3.63, 3.8) is 0 Å². The normalized spacial score (nSPS) is 12.7. The Hall–Kier alpha value is -8.01. The van der Waals surface area contributed by atoms with Gasteiger partial charge in [0.2, 0.25) is 0 Å². The van der Waals surface area contributed by atoms with Crippen LogP contribution in [0.4, 0.5) is 0 Å². The molecule has 1 heterocycles. The predicted molar refractivity (Wildman–Crippen MR) is 249 cm³/mol. The number of hydrogen-bond acceptors (Lipinski definition) is 3. The van der Waals surface area contributed by atoms with Crippen molar-refractivity contribution < 1.29 is 0 Å². The van der Waals surface area contributed by atoms with Crippen LogP contribution in [0.2, 0.25) is 0 Å². The van der Waals surface area contributed by atoms with Gasteiger partial charge in [-0.2, -0.15) is 0 Å². The van der Waals surface area contributed by atoms with Crippen molar-refractivity contribution in [3.05, 3.63) is 247 Å². The van der Waals surface area contributed by atoms with Gasteiger partial charge in [0.1, 0.15) is 0 Å². The topological polar surface area (TPSA) is 38.7 Å². The van der Waals surface area contributed by atoms with Gasteiger partial charge in [0.25, 0.3) is 0 Å². The van der Waals surface area contributed by atoms with Crippen molar-refractivity contribution in [2.24, 2.45) is 0 Å². The molecular formula is C58H37N3. The third kappa shape index (κ3) is 5.41. The molecule has 0 saturated carbocycles. The van der Waals surface area contributed by atoms with Crippen LogP contribution in [0.1, 0.15) is 22.3 Å². The number of aromatic nitrogens is 3. The Bertz CT molecular complexity index is 3210. The molecule has 10 aromatic rings. The smallest absolute Gasteiger partial charge is 0.164 e. The van der Waals surface area contributed by atoms with E-state index >= 15 is 0 Å². The van der Waals surface area contributed by atoms with Crippen LogP contribution < -0.4 is 0 Å². The number of hydrogen-bond donors (Lipinski definition) is 0. The maximum absolute atomic E-state index is 5.18. The second kappa shape index (κ2) is 14.1. The average molecular weight is 776 g/mol. The van der Waals surface area contributed by atoms with Gasteiger partial charge in [-0.3, -0.25) is 0 Å². The molecule has 0 unspecified atom stereocenters. The predicted octanol–water partition coefficient (Wildman–Crippen LogP) is 14.2. The molecular weight excluding hydrogens is 739 g/mol. The Balaban J connectivity index is 1.17. The molecule has 0 atom stereocenters. The minimum absolute atomic E-state index is 0.620. The molecule has 0 N–H and O–H groups in total. The minimum Gasteiger partial charge on any atom is -0.208 e. The van der Waals surface area contributed by atoms with Gasteiger partial charge >= 0.3 is 0 Å². The van der Waals surface area contributed by atoms with E-state index in [1.54, 1.807) is 0 Å². The van der Waals surface area contributed by atoms with Crippen molar-refractivity contribution in [1.82, 2.24) is 15.0 Å². The highest BCUT2D eigenvalue weighted by Crippen LogP contribution is 2.61. The molecule has 0 aliphatic heterocycles. The van der Waals surface area contributed by atoms with Gasteiger partial charge in [0, 0.05) is 16.7 Å². The highest BCUT2D eigenvalue weighted by molar-refractivity contribution is 6.00. The Morgan fingerprint density at radius 2 is 0.541 bits per heavy atom. The maximum Gasteiger partial charge on any atom is 0.164 e. The van der Waals surface area contributed by atoms with Gasteiger partial charge in [-0.15, -0.1) is 0 Å². The zero-order valence-corrected chi connectivity index (χ0v) is 33.2. The molecule has 0 fully saturated rings. The zero-order valence-electron chi connectivity index (χ0n) is 33.2. The SMILES string of the molecule is c1ccc(-c2nc(-c3ccccc3)nc(-c3ccccc3-c3ccc4c(c3)-c3ccccc3-c3ccccc3-c3ccccc3C43c4ccccc4-c4ccccc43)n2)cc1. The van der Waals surface area contributed by atoms with E-state index in [1.165, 1.54) is 66.8 Å². The molecule has 1 aromatic heterocycles. The fourth-order valence-electron chi connectivity index (χ4n) is 10.0. The summed E-state index contributed by atoms with van der Waals surface area (Å²) in [6.07, 6.45) is 0. The van der Waals surface area contributed by atoms with Gasteiger partial charge in [0.15, 0.2) is 17.5 Å². The van der Waals surface area contributed by atoms with Crippen LogP contribution >= 0.6 is 0 Å². The lowest BCUT2D eigenvalue weighted by atomic mass is 9.64. The van der Waals surface area contributed by atoms with E-state index in [0.29, 0.717) is 17.5 Å². The number of benzene rings is 9. The molecule has 0 amide bonds. The molecule has 3 heteroatoms. The third-order valence-electron chi connectivity index (χ3n) is 12.6. The average Bonchev–Trinajstić information content (AvgIpc) is 3.66. The lowest BCUT2D eigenvalue weighted by molar-refractivity contribution is 0.773. The van der Waals surface area contributed by atoms with E-state index in [2.05, 4.69) is 188 Å². The fourth-order valence-corrected chi connectivity index (χ4v) is 10.0. The van der Waals surface area contributed by atoms with Gasteiger partial charge in [-0.05, 0) is 84.0 Å². The second-order valence-electron chi connectivity index (χ2n) is 15.8. The first-order valence-electron chi connectivity index (χ1n) is 20.9. The van der Waals surface area contributed by atoms with Crippen LogP contribution in [0, 0.1) is 0 Å². The molecule has 1 spiro atoms. The summed E-state index contributed by atoms with van der Waals surface area (Å²) in [6, 6.07) is 81.1. The Labute approximate surface area is 355 Å². The Morgan fingerprint density at radius 3 is 1.03 bits per heavy atom. The van der Waals surface area contributed by atoms with Crippen LogP contribution in [-0.4, -0.2) is 15.0 Å². The Morgan fingerprint density at radius 1 is 0.213 bits per heavy atom. The first-order chi connectivity index (χ1) is 30.3. The lowest BCUT2D eigenvalue weighted by Gasteiger charge is -2.37. The molecule has 2 aliphatic carbocycles. The van der Waals surface area contributed by atoms with Crippen LogP contribution in [-0.2, 0) is 5.41 Å². The van der Waals surface area contributed by atoms with Gasteiger partial charge in [-0.25, -0.2) is 15.0 Å². The summed E-state index contributed by atoms with van der Waals surface area (Å²) in [6.45, 7) is 0. The molecule has 61 heavy (non-hydrogen) atoms. The summed E-state index contributed by atoms with van der Waals surface area (Å²) in [4.78, 5) is 15.4. The summed E-state index contributed by atoms with van der Waals surface area (Å²) < 4.78 is 0. The highest BCUT2D eigenvalue weighted by atomic mass is 15.0. The van der Waals surface area contributed by atoms with Crippen molar-refractivity contribution in [2.75, 3.05) is 0 Å². The van der Waals surface area contributed by atoms with Crippen LogP contribution in [0.15, 0.2) is 224 Å². The van der Waals surface area contributed by atoms with Gasteiger partial charge < -0.3 is 0 Å². The summed E-state index contributed by atoms with van der Waals surface area (Å²) in [5.41, 5.74) is 19.2. The van der Waals surface area contributed by atoms with Crippen molar-refractivity contribution in [1.29, 1.82) is 0 Å². The van der Waals surface area contributed by atoms with E-state index in [0.717, 1.165) is 27.8 Å². The molecule has 284 valence electrons. The first kappa shape index (κ1) is 35.0. The molecule has 0 radical (unpaired) electrons. The minimum atomic E-state index is -0.620. The summed E-state index contributed by atoms with van der Waals surface area (Å²) in [5.74, 6) is 1.91. The first-order valence-corrected chi connectivity index (χ1v) is 20.9. The fraction of sp³-hybridized carbons (Fsp3) is 0.0172. The number of rotatable bonds is 4. The second-order valence-corrected chi connectivity index (χ2v) is 15.8. The van der Waals surface area contributed by atoms with Crippen molar-refractivity contribution in [2.45, 2.75) is 5.41 Å². The zero-order chi connectivity index (χ0) is 40.3. The number of nitrogens with zero attached hydrogens (tertiary/aromatic N) is 3. The lowest BCUT2D eigenvalue weighted by Crippen LogP contribution is -2.30. The largest absolute Gasteiger partial charge is 0.208 e. The van der Waals surface area contributed by atoms with Gasteiger partial charge in [0.05, 0.1) is 5.41 Å². The van der Waals surface area contributed by atoms with Crippen molar-refractivity contribution in [3.8, 4) is 89.8 Å². The standard InChI is InChI=1S/C58H37N3/c1-3-19-38(20-4-1)55-59-56(39-21-5-2-6-22-39)61-57(60-55)49-31-12-7-23-41(49)40-35-36-54-50(37-40)45-27-11-9-25-43(45)42-24-8-10-26-44(42)46-28-13-16-32-51(46)58(54)52-33-17-14-29-47(52)48-30-15-18-34-53(48)58/h1-37H. The maximum atomic E-state index is 5.18. The van der Waals surface area contributed by atoms with E-state index in [9.17, 15) is 0 Å². The summed E-state index contributed by atoms with van der Waals surface area (Å²) in [5, 5.41) is 0. The monoisotopic (exact) mass is 775 g/mol. The quantitative estimate of drug-likeness (QED) is 0.179. The van der Waals surface area contributed by atoms with Crippen LogP contribution in [0.5, 0.6) is 0 Å². The molecule has 0 saturated heterocycles. The molecule has 3 nitrogen and oxygen atoms in total.